The minimum Gasteiger partial charge on any atom is -0.497 e. The van der Waals surface area contributed by atoms with Crippen LogP contribution in [-0.4, -0.2) is 15.2 Å². The van der Waals surface area contributed by atoms with E-state index in [4.69, 9.17) is 4.74 Å². The SMILES string of the molecule is CCCCCc1cc(CCCCC)c(OC)c([Si](C)(C)C2(C)C=CC=C2C)c1. The monoisotopic (exact) mass is 398 g/mol. The lowest BCUT2D eigenvalue weighted by Gasteiger charge is -2.42. The van der Waals surface area contributed by atoms with Crippen molar-refractivity contribution in [3.63, 3.8) is 0 Å². The van der Waals surface area contributed by atoms with Crippen LogP contribution in [0.5, 0.6) is 5.75 Å². The first-order valence-corrected chi connectivity index (χ1v) is 14.4. The van der Waals surface area contributed by atoms with Crippen LogP contribution in [0, 0.1) is 0 Å². The second-order valence-corrected chi connectivity index (χ2v) is 14.1. The second kappa shape index (κ2) is 9.96. The van der Waals surface area contributed by atoms with Crippen molar-refractivity contribution in [1.82, 2.24) is 0 Å². The fourth-order valence-corrected chi connectivity index (χ4v) is 8.12. The number of methoxy groups -OCH3 is 1. The Bertz CT molecular complexity index is 713. The van der Waals surface area contributed by atoms with E-state index in [0.717, 1.165) is 6.42 Å². The summed E-state index contributed by atoms with van der Waals surface area (Å²) < 4.78 is 6.11. The van der Waals surface area contributed by atoms with Gasteiger partial charge in [-0.05, 0) is 48.9 Å². The summed E-state index contributed by atoms with van der Waals surface area (Å²) in [6, 6.07) is 4.96. The van der Waals surface area contributed by atoms with E-state index in [9.17, 15) is 0 Å². The Labute approximate surface area is 175 Å². The summed E-state index contributed by atoms with van der Waals surface area (Å²) in [4.78, 5) is 0. The van der Waals surface area contributed by atoms with E-state index in [1.165, 1.54) is 72.6 Å². The summed E-state index contributed by atoms with van der Waals surface area (Å²) in [6.45, 7) is 14.4. The third-order valence-electron chi connectivity index (χ3n) is 7.12. The summed E-state index contributed by atoms with van der Waals surface area (Å²) in [5.74, 6) is 1.18. The van der Waals surface area contributed by atoms with Gasteiger partial charge in [-0.15, -0.1) is 0 Å². The second-order valence-electron chi connectivity index (χ2n) is 9.29. The number of rotatable bonds is 11. The van der Waals surface area contributed by atoms with Crippen LogP contribution in [0.2, 0.25) is 18.1 Å². The van der Waals surface area contributed by atoms with Crippen LogP contribution in [0.4, 0.5) is 0 Å². The minimum absolute atomic E-state index is 0.156. The van der Waals surface area contributed by atoms with Crippen LogP contribution in [0.1, 0.15) is 77.3 Å². The first kappa shape index (κ1) is 23.0. The highest BCUT2D eigenvalue weighted by Crippen LogP contribution is 2.49. The van der Waals surface area contributed by atoms with Crippen LogP contribution in [0.25, 0.3) is 0 Å². The lowest BCUT2D eigenvalue weighted by atomic mass is 10.00. The van der Waals surface area contributed by atoms with E-state index in [1.54, 1.807) is 0 Å². The van der Waals surface area contributed by atoms with Gasteiger partial charge in [0.15, 0.2) is 0 Å². The first-order valence-electron chi connectivity index (χ1n) is 11.4. The molecule has 1 aromatic rings. The molecule has 0 amide bonds. The van der Waals surface area contributed by atoms with Crippen molar-refractivity contribution in [3.05, 3.63) is 47.1 Å². The van der Waals surface area contributed by atoms with Crippen molar-refractivity contribution < 1.29 is 4.74 Å². The maximum Gasteiger partial charge on any atom is 0.121 e. The zero-order valence-corrected chi connectivity index (χ0v) is 20.5. The molecule has 0 heterocycles. The number of unbranched alkanes of at least 4 members (excludes halogenated alkanes) is 4. The Morgan fingerprint density at radius 1 is 0.964 bits per heavy atom. The molecule has 1 aliphatic rings. The van der Waals surface area contributed by atoms with E-state index >= 15 is 0 Å². The van der Waals surface area contributed by atoms with Gasteiger partial charge in [-0.25, -0.2) is 0 Å². The average Bonchev–Trinajstić information content (AvgIpc) is 3.02. The number of ether oxygens (including phenoxy) is 1. The molecular weight excluding hydrogens is 356 g/mol. The predicted molar refractivity (Wildman–Crippen MR) is 128 cm³/mol. The van der Waals surface area contributed by atoms with E-state index in [1.807, 2.05) is 7.11 Å². The van der Waals surface area contributed by atoms with E-state index in [0.29, 0.717) is 0 Å². The molecule has 0 N–H and O–H groups in total. The van der Waals surface area contributed by atoms with Crippen LogP contribution in [0.3, 0.4) is 0 Å². The molecule has 156 valence electrons. The topological polar surface area (TPSA) is 9.23 Å². The lowest BCUT2D eigenvalue weighted by Crippen LogP contribution is -2.52. The van der Waals surface area contributed by atoms with Crippen LogP contribution in [0.15, 0.2) is 35.9 Å². The summed E-state index contributed by atoms with van der Waals surface area (Å²) in [7, 11) is 0.0368. The molecule has 1 atom stereocenters. The van der Waals surface area contributed by atoms with E-state index in [-0.39, 0.29) is 5.04 Å². The van der Waals surface area contributed by atoms with Gasteiger partial charge in [-0.2, -0.15) is 0 Å². The maximum atomic E-state index is 6.11. The zero-order chi connectivity index (χ0) is 20.8. The van der Waals surface area contributed by atoms with Crippen LogP contribution < -0.4 is 9.92 Å². The Morgan fingerprint density at radius 2 is 1.61 bits per heavy atom. The first-order chi connectivity index (χ1) is 13.3. The molecule has 1 unspecified atom stereocenters. The van der Waals surface area contributed by atoms with Crippen LogP contribution in [-0.2, 0) is 12.8 Å². The number of aryl methyl sites for hydroxylation is 2. The number of benzene rings is 1. The van der Waals surface area contributed by atoms with Gasteiger partial charge in [0, 0.05) is 5.04 Å². The van der Waals surface area contributed by atoms with Crippen molar-refractivity contribution in [1.29, 1.82) is 0 Å². The number of allylic oxidation sites excluding steroid dienone is 4. The maximum absolute atomic E-state index is 6.11. The van der Waals surface area contributed by atoms with Crippen molar-refractivity contribution >= 4 is 13.3 Å². The molecule has 0 bridgehead atoms. The van der Waals surface area contributed by atoms with Crippen LogP contribution >= 0.6 is 0 Å². The Morgan fingerprint density at radius 3 is 2.14 bits per heavy atom. The van der Waals surface area contributed by atoms with Gasteiger partial charge in [0.1, 0.15) is 5.75 Å². The molecule has 2 heteroatoms. The fraction of sp³-hybridized carbons (Fsp3) is 0.615. The largest absolute Gasteiger partial charge is 0.497 e. The third-order valence-corrected chi connectivity index (χ3v) is 12.0. The highest BCUT2D eigenvalue weighted by Gasteiger charge is 2.46. The molecule has 0 saturated carbocycles. The van der Waals surface area contributed by atoms with Crippen molar-refractivity contribution in [2.75, 3.05) is 7.11 Å². The summed E-state index contributed by atoms with van der Waals surface area (Å²) in [5.41, 5.74) is 4.45. The van der Waals surface area contributed by atoms with Crippen molar-refractivity contribution in [3.8, 4) is 5.75 Å². The fourth-order valence-electron chi connectivity index (χ4n) is 4.61. The van der Waals surface area contributed by atoms with Gasteiger partial charge in [0.2, 0.25) is 0 Å². The zero-order valence-electron chi connectivity index (χ0n) is 19.5. The van der Waals surface area contributed by atoms with Crippen molar-refractivity contribution in [2.45, 2.75) is 97.2 Å². The van der Waals surface area contributed by atoms with E-state index in [2.05, 4.69) is 71.1 Å². The van der Waals surface area contributed by atoms with Gasteiger partial charge in [0.05, 0.1) is 15.2 Å². The molecule has 0 fully saturated rings. The van der Waals surface area contributed by atoms with Gasteiger partial charge < -0.3 is 4.74 Å². The van der Waals surface area contributed by atoms with Gasteiger partial charge in [-0.1, -0.05) is 95.5 Å². The molecule has 0 aromatic heterocycles. The Kier molecular flexibility index (Phi) is 8.18. The van der Waals surface area contributed by atoms with E-state index < -0.39 is 8.07 Å². The molecule has 0 radical (unpaired) electrons. The molecule has 1 nitrogen and oxygen atoms in total. The molecule has 0 aliphatic heterocycles. The molecule has 0 spiro atoms. The highest BCUT2D eigenvalue weighted by molar-refractivity contribution is 6.94. The minimum atomic E-state index is -1.84. The molecule has 28 heavy (non-hydrogen) atoms. The standard InChI is InChI=1S/C26H42OSi/c1-8-10-12-16-22-19-23(17-13-11-9-2)25(27-5)24(20-22)28(6,7)26(4)18-14-15-21(26)3/h14-15,18-20H,8-13,16-17H2,1-7H3. The number of hydrogen-bond acceptors (Lipinski definition) is 1. The smallest absolute Gasteiger partial charge is 0.121 e. The average molecular weight is 399 g/mol. The summed E-state index contributed by atoms with van der Waals surface area (Å²) in [6.07, 6.45) is 17.0. The molecule has 1 aromatic carbocycles. The normalized spacial score (nSPS) is 19.2. The van der Waals surface area contributed by atoms with Gasteiger partial charge >= 0.3 is 0 Å². The lowest BCUT2D eigenvalue weighted by molar-refractivity contribution is 0.411. The van der Waals surface area contributed by atoms with Gasteiger partial charge in [-0.3, -0.25) is 0 Å². The van der Waals surface area contributed by atoms with Crippen molar-refractivity contribution in [2.24, 2.45) is 0 Å². The summed E-state index contributed by atoms with van der Waals surface area (Å²) in [5, 5.41) is 1.67. The molecule has 2 rings (SSSR count). The molecule has 0 saturated heterocycles. The number of hydrogen-bond donors (Lipinski definition) is 0. The molecular formula is C26H42OSi. The Hall–Kier alpha value is -1.28. The predicted octanol–water partition coefficient (Wildman–Crippen LogP) is 7.35. The quantitative estimate of drug-likeness (QED) is 0.279. The Balaban J connectivity index is 2.52. The molecule has 1 aliphatic carbocycles. The highest BCUT2D eigenvalue weighted by atomic mass is 28.3. The van der Waals surface area contributed by atoms with Gasteiger partial charge in [0.25, 0.3) is 0 Å². The summed E-state index contributed by atoms with van der Waals surface area (Å²) >= 11 is 0. The third kappa shape index (κ3) is 4.64.